The van der Waals surface area contributed by atoms with E-state index in [9.17, 15) is 0 Å². The lowest BCUT2D eigenvalue weighted by Crippen LogP contribution is -2.16. The van der Waals surface area contributed by atoms with Gasteiger partial charge in [0.2, 0.25) is 0 Å². The van der Waals surface area contributed by atoms with Crippen LogP contribution in [0.3, 0.4) is 0 Å². The molecule has 1 saturated carbocycles. The summed E-state index contributed by atoms with van der Waals surface area (Å²) < 4.78 is 5.56. The van der Waals surface area contributed by atoms with E-state index >= 15 is 0 Å². The number of benzene rings is 1. The van der Waals surface area contributed by atoms with Gasteiger partial charge in [-0.2, -0.15) is 0 Å². The van der Waals surface area contributed by atoms with Crippen LogP contribution in [0.25, 0.3) is 0 Å². The van der Waals surface area contributed by atoms with Crippen molar-refractivity contribution in [2.24, 2.45) is 5.41 Å². The van der Waals surface area contributed by atoms with E-state index in [0.717, 1.165) is 18.6 Å². The molecule has 1 aromatic carbocycles. The number of aliphatic hydroxyl groups excluding tert-OH is 1. The van der Waals surface area contributed by atoms with E-state index in [2.05, 4.69) is 0 Å². The first-order chi connectivity index (χ1) is 6.74. The standard InChI is InChI=1S/C11H13ClO2/c12-9-2-1-3-10(6-9)14-8-11(7-13)4-5-11/h1-3,6,13H,4-5,7-8H2. The molecule has 1 N–H and O–H groups in total. The number of hydrogen-bond donors (Lipinski definition) is 1. The fraction of sp³-hybridized carbons (Fsp3) is 0.455. The van der Waals surface area contributed by atoms with Crippen molar-refractivity contribution in [2.45, 2.75) is 12.8 Å². The van der Waals surface area contributed by atoms with E-state index in [1.807, 2.05) is 18.2 Å². The lowest BCUT2D eigenvalue weighted by molar-refractivity contribution is 0.146. The van der Waals surface area contributed by atoms with Crippen molar-refractivity contribution < 1.29 is 9.84 Å². The molecule has 76 valence electrons. The molecule has 0 unspecified atom stereocenters. The molecule has 1 fully saturated rings. The predicted molar refractivity (Wildman–Crippen MR) is 55.7 cm³/mol. The van der Waals surface area contributed by atoms with Crippen LogP contribution in [0, 0.1) is 5.41 Å². The summed E-state index contributed by atoms with van der Waals surface area (Å²) in [5.41, 5.74) is 0.0301. The van der Waals surface area contributed by atoms with Crippen LogP contribution in [0.1, 0.15) is 12.8 Å². The van der Waals surface area contributed by atoms with Crippen molar-refractivity contribution in [3.63, 3.8) is 0 Å². The summed E-state index contributed by atoms with van der Waals surface area (Å²) in [4.78, 5) is 0. The Morgan fingerprint density at radius 2 is 2.21 bits per heavy atom. The maximum atomic E-state index is 9.08. The SMILES string of the molecule is OCC1(COc2cccc(Cl)c2)CC1. The van der Waals surface area contributed by atoms with Gasteiger partial charge in [-0.05, 0) is 31.0 Å². The minimum atomic E-state index is 0.0301. The lowest BCUT2D eigenvalue weighted by atomic mass is 10.1. The third-order valence-corrected chi connectivity index (χ3v) is 2.87. The van der Waals surface area contributed by atoms with Crippen molar-refractivity contribution in [2.75, 3.05) is 13.2 Å². The zero-order valence-corrected chi connectivity index (χ0v) is 8.63. The van der Waals surface area contributed by atoms with E-state index < -0.39 is 0 Å². The van der Waals surface area contributed by atoms with Gasteiger partial charge in [0.1, 0.15) is 5.75 Å². The average Bonchev–Trinajstić information content (AvgIpc) is 2.96. The van der Waals surface area contributed by atoms with Crippen LogP contribution in [0.5, 0.6) is 5.75 Å². The molecule has 0 amide bonds. The van der Waals surface area contributed by atoms with Gasteiger partial charge in [-0.25, -0.2) is 0 Å². The Bertz CT molecular complexity index is 321. The van der Waals surface area contributed by atoms with Crippen molar-refractivity contribution >= 4 is 11.6 Å². The van der Waals surface area contributed by atoms with Crippen LogP contribution in [-0.4, -0.2) is 18.3 Å². The third kappa shape index (κ3) is 2.20. The van der Waals surface area contributed by atoms with Gasteiger partial charge < -0.3 is 9.84 Å². The van der Waals surface area contributed by atoms with Crippen molar-refractivity contribution in [1.82, 2.24) is 0 Å². The highest BCUT2D eigenvalue weighted by atomic mass is 35.5. The second kappa shape index (κ2) is 3.79. The molecule has 0 aliphatic heterocycles. The molecule has 0 bridgehead atoms. The zero-order valence-electron chi connectivity index (χ0n) is 7.87. The normalized spacial score (nSPS) is 17.9. The number of halogens is 1. The molecule has 1 aliphatic rings. The second-order valence-corrected chi connectivity index (χ2v) is 4.34. The molecule has 0 saturated heterocycles. The van der Waals surface area contributed by atoms with Gasteiger partial charge in [-0.3, -0.25) is 0 Å². The van der Waals surface area contributed by atoms with Crippen LogP contribution in [0.2, 0.25) is 5.02 Å². The minimum Gasteiger partial charge on any atom is -0.493 e. The summed E-state index contributed by atoms with van der Waals surface area (Å²) in [6.45, 7) is 0.803. The van der Waals surface area contributed by atoms with Crippen LogP contribution in [0.15, 0.2) is 24.3 Å². The molecule has 0 aromatic heterocycles. The number of aliphatic hydroxyl groups is 1. The molecular formula is C11H13ClO2. The fourth-order valence-electron chi connectivity index (χ4n) is 1.32. The average molecular weight is 213 g/mol. The summed E-state index contributed by atoms with van der Waals surface area (Å²) >= 11 is 5.81. The summed E-state index contributed by atoms with van der Waals surface area (Å²) in [6, 6.07) is 7.33. The van der Waals surface area contributed by atoms with Crippen molar-refractivity contribution in [1.29, 1.82) is 0 Å². The molecule has 1 aromatic rings. The quantitative estimate of drug-likeness (QED) is 0.831. The van der Waals surface area contributed by atoms with E-state index in [-0.39, 0.29) is 12.0 Å². The molecule has 3 heteroatoms. The minimum absolute atomic E-state index is 0.0301. The van der Waals surface area contributed by atoms with E-state index in [0.29, 0.717) is 11.6 Å². The van der Waals surface area contributed by atoms with E-state index in [1.165, 1.54) is 0 Å². The van der Waals surface area contributed by atoms with Crippen LogP contribution >= 0.6 is 11.6 Å². The second-order valence-electron chi connectivity index (χ2n) is 3.90. The van der Waals surface area contributed by atoms with Crippen LogP contribution in [0.4, 0.5) is 0 Å². The summed E-state index contributed by atoms with van der Waals surface area (Å²) in [7, 11) is 0. The van der Waals surface area contributed by atoms with Gasteiger partial charge in [0.15, 0.2) is 0 Å². The summed E-state index contributed by atoms with van der Waals surface area (Å²) in [5, 5.41) is 9.76. The van der Waals surface area contributed by atoms with Gasteiger partial charge in [0, 0.05) is 10.4 Å². The van der Waals surface area contributed by atoms with Gasteiger partial charge in [-0.1, -0.05) is 17.7 Å². The first kappa shape index (κ1) is 9.81. The number of ether oxygens (including phenoxy) is 1. The van der Waals surface area contributed by atoms with E-state index in [4.69, 9.17) is 21.4 Å². The fourth-order valence-corrected chi connectivity index (χ4v) is 1.50. The highest BCUT2D eigenvalue weighted by molar-refractivity contribution is 6.30. The maximum absolute atomic E-state index is 9.08. The zero-order chi connectivity index (χ0) is 10.0. The summed E-state index contributed by atoms with van der Waals surface area (Å²) in [5.74, 6) is 0.775. The Balaban J connectivity index is 1.92. The molecule has 2 rings (SSSR count). The maximum Gasteiger partial charge on any atom is 0.120 e. The lowest BCUT2D eigenvalue weighted by Gasteiger charge is -2.13. The van der Waals surface area contributed by atoms with Gasteiger partial charge >= 0.3 is 0 Å². The van der Waals surface area contributed by atoms with Crippen molar-refractivity contribution in [3.8, 4) is 5.75 Å². The van der Waals surface area contributed by atoms with Crippen molar-refractivity contribution in [3.05, 3.63) is 29.3 Å². The highest BCUT2D eigenvalue weighted by Gasteiger charge is 2.42. The van der Waals surface area contributed by atoms with Crippen LogP contribution in [-0.2, 0) is 0 Å². The van der Waals surface area contributed by atoms with Crippen LogP contribution < -0.4 is 4.74 Å². The Morgan fingerprint density at radius 1 is 1.43 bits per heavy atom. The Morgan fingerprint density at radius 3 is 2.79 bits per heavy atom. The summed E-state index contributed by atoms with van der Waals surface area (Å²) in [6.07, 6.45) is 2.12. The molecule has 0 atom stereocenters. The van der Waals surface area contributed by atoms with E-state index in [1.54, 1.807) is 6.07 Å². The first-order valence-electron chi connectivity index (χ1n) is 4.73. The van der Waals surface area contributed by atoms with Gasteiger partial charge in [0.25, 0.3) is 0 Å². The monoisotopic (exact) mass is 212 g/mol. The Kier molecular flexibility index (Phi) is 2.66. The largest absolute Gasteiger partial charge is 0.493 e. The van der Waals surface area contributed by atoms with Gasteiger partial charge in [0.05, 0.1) is 13.2 Å². The molecule has 0 heterocycles. The topological polar surface area (TPSA) is 29.5 Å². The molecule has 0 radical (unpaired) electrons. The first-order valence-corrected chi connectivity index (χ1v) is 5.11. The number of hydrogen-bond acceptors (Lipinski definition) is 2. The highest BCUT2D eigenvalue weighted by Crippen LogP contribution is 2.45. The molecule has 0 spiro atoms. The third-order valence-electron chi connectivity index (χ3n) is 2.63. The molecule has 2 nitrogen and oxygen atoms in total. The molecular weight excluding hydrogens is 200 g/mol. The molecule has 14 heavy (non-hydrogen) atoms. The smallest absolute Gasteiger partial charge is 0.120 e. The molecule has 1 aliphatic carbocycles. The Hall–Kier alpha value is -0.730. The Labute approximate surface area is 88.5 Å². The van der Waals surface area contributed by atoms with Gasteiger partial charge in [-0.15, -0.1) is 0 Å². The predicted octanol–water partition coefficient (Wildman–Crippen LogP) is 2.49. The number of rotatable bonds is 4.